The smallest absolute Gasteiger partial charge is 0.276 e. The van der Waals surface area contributed by atoms with Crippen LogP contribution in [-0.2, 0) is 0 Å². The number of benzene rings is 2. The highest BCUT2D eigenvalue weighted by Gasteiger charge is 2.19. The lowest BCUT2D eigenvalue weighted by atomic mass is 10.2. The van der Waals surface area contributed by atoms with Crippen LogP contribution in [0.2, 0.25) is 0 Å². The minimum Gasteiger partial charge on any atom is -0.495 e. The molecule has 27 heavy (non-hydrogen) atoms. The average molecular weight is 359 g/mol. The summed E-state index contributed by atoms with van der Waals surface area (Å²) in [4.78, 5) is 12.8. The van der Waals surface area contributed by atoms with Crippen LogP contribution in [-0.4, -0.2) is 22.8 Å². The predicted octanol–water partition coefficient (Wildman–Crippen LogP) is 4.39. The number of hydrogen-bond donors (Lipinski definition) is 1. The summed E-state index contributed by atoms with van der Waals surface area (Å²) in [6.45, 7) is 0. The van der Waals surface area contributed by atoms with Gasteiger partial charge in [-0.15, -0.1) is 0 Å². The Balaban J connectivity index is 1.72. The molecule has 0 aliphatic carbocycles. The third-order valence-corrected chi connectivity index (χ3v) is 4.07. The Hall–Kier alpha value is -3.80. The van der Waals surface area contributed by atoms with E-state index in [1.807, 2.05) is 48.5 Å². The molecular formula is C21H17N3O3. The number of furan rings is 1. The number of carbonyl (C=O) groups is 1. The van der Waals surface area contributed by atoms with E-state index in [-0.39, 0.29) is 11.6 Å². The molecule has 1 amide bonds. The summed E-state index contributed by atoms with van der Waals surface area (Å²) in [5.74, 6) is 0.879. The van der Waals surface area contributed by atoms with E-state index in [1.165, 1.54) is 0 Å². The van der Waals surface area contributed by atoms with E-state index >= 15 is 0 Å². The maximum absolute atomic E-state index is 12.8. The van der Waals surface area contributed by atoms with Crippen molar-refractivity contribution in [1.82, 2.24) is 9.78 Å². The molecule has 0 saturated heterocycles. The lowest BCUT2D eigenvalue weighted by Gasteiger charge is -2.08. The van der Waals surface area contributed by atoms with Crippen LogP contribution in [0.3, 0.4) is 0 Å². The second kappa shape index (κ2) is 7.21. The number of ether oxygens (including phenoxy) is 1. The van der Waals surface area contributed by atoms with Crippen LogP contribution in [0.4, 0.5) is 5.69 Å². The van der Waals surface area contributed by atoms with E-state index in [0.29, 0.717) is 22.9 Å². The molecule has 134 valence electrons. The molecule has 6 heteroatoms. The van der Waals surface area contributed by atoms with Crippen molar-refractivity contribution in [2.75, 3.05) is 12.4 Å². The van der Waals surface area contributed by atoms with Gasteiger partial charge in [0.1, 0.15) is 11.4 Å². The fourth-order valence-corrected chi connectivity index (χ4v) is 2.79. The molecule has 0 spiro atoms. The standard InChI is InChI=1S/C21H17N3O3/c1-26-19-11-6-5-10-16(19)22-21(25)17-14-18(20-12-7-13-27-20)24(23-17)15-8-3-2-4-9-15/h2-14H,1H3,(H,22,25). The van der Waals surface area contributed by atoms with Gasteiger partial charge in [0, 0.05) is 6.07 Å². The van der Waals surface area contributed by atoms with Crippen molar-refractivity contribution in [3.8, 4) is 22.9 Å². The van der Waals surface area contributed by atoms with Crippen molar-refractivity contribution >= 4 is 11.6 Å². The summed E-state index contributed by atoms with van der Waals surface area (Å²) in [6, 6.07) is 22.2. The first-order valence-corrected chi connectivity index (χ1v) is 8.40. The highest BCUT2D eigenvalue weighted by atomic mass is 16.5. The van der Waals surface area contributed by atoms with Gasteiger partial charge in [-0.05, 0) is 36.4 Å². The number of rotatable bonds is 5. The molecule has 0 aliphatic rings. The highest BCUT2D eigenvalue weighted by Crippen LogP contribution is 2.27. The van der Waals surface area contributed by atoms with Gasteiger partial charge >= 0.3 is 0 Å². The number of para-hydroxylation sites is 3. The lowest BCUT2D eigenvalue weighted by molar-refractivity contribution is 0.102. The van der Waals surface area contributed by atoms with Crippen LogP contribution < -0.4 is 10.1 Å². The number of methoxy groups -OCH3 is 1. The number of nitrogens with one attached hydrogen (secondary N) is 1. The fraction of sp³-hybridized carbons (Fsp3) is 0.0476. The summed E-state index contributed by atoms with van der Waals surface area (Å²) in [5.41, 5.74) is 2.38. The van der Waals surface area contributed by atoms with Crippen LogP contribution in [0.1, 0.15) is 10.5 Å². The topological polar surface area (TPSA) is 69.3 Å². The number of hydrogen-bond acceptors (Lipinski definition) is 4. The van der Waals surface area contributed by atoms with Gasteiger partial charge < -0.3 is 14.5 Å². The molecule has 1 N–H and O–H groups in total. The molecule has 4 rings (SSSR count). The number of aromatic nitrogens is 2. The van der Waals surface area contributed by atoms with Gasteiger partial charge in [0.05, 0.1) is 24.7 Å². The maximum Gasteiger partial charge on any atom is 0.276 e. The number of anilines is 1. The minimum absolute atomic E-state index is 0.274. The molecule has 4 aromatic rings. The largest absolute Gasteiger partial charge is 0.495 e. The van der Waals surface area contributed by atoms with Gasteiger partial charge in [-0.3, -0.25) is 4.79 Å². The van der Waals surface area contributed by atoms with Crippen molar-refractivity contribution < 1.29 is 13.9 Å². The molecule has 6 nitrogen and oxygen atoms in total. The first kappa shape index (κ1) is 16.7. The zero-order valence-corrected chi connectivity index (χ0v) is 14.6. The SMILES string of the molecule is COc1ccccc1NC(=O)c1cc(-c2ccco2)n(-c2ccccc2)n1. The normalized spacial score (nSPS) is 10.6. The van der Waals surface area contributed by atoms with Gasteiger partial charge in [-0.2, -0.15) is 5.10 Å². The quantitative estimate of drug-likeness (QED) is 0.574. The Morgan fingerprint density at radius 1 is 1.04 bits per heavy atom. The Kier molecular flexibility index (Phi) is 4.45. The molecule has 0 saturated carbocycles. The summed E-state index contributed by atoms with van der Waals surface area (Å²) in [5, 5.41) is 7.34. The van der Waals surface area contributed by atoms with Crippen LogP contribution in [0.15, 0.2) is 83.5 Å². The van der Waals surface area contributed by atoms with Crippen LogP contribution in [0.25, 0.3) is 17.1 Å². The van der Waals surface area contributed by atoms with Crippen molar-refractivity contribution in [2.45, 2.75) is 0 Å². The van der Waals surface area contributed by atoms with Gasteiger partial charge in [-0.1, -0.05) is 30.3 Å². The monoisotopic (exact) mass is 359 g/mol. The number of amides is 1. The molecule has 2 heterocycles. The molecule has 0 aliphatic heterocycles. The van der Waals surface area contributed by atoms with Gasteiger partial charge in [0.2, 0.25) is 0 Å². The van der Waals surface area contributed by atoms with Crippen LogP contribution in [0.5, 0.6) is 5.75 Å². The third-order valence-electron chi connectivity index (χ3n) is 4.07. The molecule has 0 fully saturated rings. The highest BCUT2D eigenvalue weighted by molar-refractivity contribution is 6.04. The van der Waals surface area contributed by atoms with E-state index in [2.05, 4.69) is 10.4 Å². The Labute approximate surface area is 156 Å². The maximum atomic E-state index is 12.8. The lowest BCUT2D eigenvalue weighted by Crippen LogP contribution is -2.13. The van der Waals surface area contributed by atoms with Crippen LogP contribution in [0, 0.1) is 0 Å². The number of nitrogens with zero attached hydrogens (tertiary/aromatic N) is 2. The van der Waals surface area contributed by atoms with E-state index in [1.54, 1.807) is 42.3 Å². The molecule has 2 aromatic heterocycles. The van der Waals surface area contributed by atoms with Gasteiger partial charge in [-0.25, -0.2) is 4.68 Å². The summed E-state index contributed by atoms with van der Waals surface area (Å²) < 4.78 is 12.5. The summed E-state index contributed by atoms with van der Waals surface area (Å²) in [6.07, 6.45) is 1.59. The molecule has 2 aromatic carbocycles. The fourth-order valence-electron chi connectivity index (χ4n) is 2.79. The van der Waals surface area contributed by atoms with E-state index in [4.69, 9.17) is 9.15 Å². The second-order valence-electron chi connectivity index (χ2n) is 5.79. The van der Waals surface area contributed by atoms with E-state index < -0.39 is 0 Å². The Bertz CT molecular complexity index is 1050. The van der Waals surface area contributed by atoms with Crippen molar-refractivity contribution in [3.05, 3.63) is 84.8 Å². The second-order valence-corrected chi connectivity index (χ2v) is 5.79. The molecule has 0 atom stereocenters. The predicted molar refractivity (Wildman–Crippen MR) is 102 cm³/mol. The summed E-state index contributed by atoms with van der Waals surface area (Å²) in [7, 11) is 1.56. The Morgan fingerprint density at radius 3 is 2.56 bits per heavy atom. The van der Waals surface area contributed by atoms with E-state index in [0.717, 1.165) is 5.69 Å². The van der Waals surface area contributed by atoms with Crippen molar-refractivity contribution in [1.29, 1.82) is 0 Å². The van der Waals surface area contributed by atoms with Gasteiger partial charge in [0.15, 0.2) is 11.5 Å². The Morgan fingerprint density at radius 2 is 1.81 bits per heavy atom. The summed E-state index contributed by atoms with van der Waals surface area (Å²) >= 11 is 0. The molecule has 0 bridgehead atoms. The molecule has 0 unspecified atom stereocenters. The number of carbonyl (C=O) groups excluding carboxylic acids is 1. The van der Waals surface area contributed by atoms with E-state index in [9.17, 15) is 4.79 Å². The third kappa shape index (κ3) is 3.32. The van der Waals surface area contributed by atoms with Crippen molar-refractivity contribution in [3.63, 3.8) is 0 Å². The zero-order valence-electron chi connectivity index (χ0n) is 14.6. The first-order valence-electron chi connectivity index (χ1n) is 8.40. The van der Waals surface area contributed by atoms with Crippen molar-refractivity contribution in [2.24, 2.45) is 0 Å². The van der Waals surface area contributed by atoms with Crippen LogP contribution >= 0.6 is 0 Å². The minimum atomic E-state index is -0.331. The molecular weight excluding hydrogens is 342 g/mol. The first-order chi connectivity index (χ1) is 13.3. The van der Waals surface area contributed by atoms with Gasteiger partial charge in [0.25, 0.3) is 5.91 Å². The zero-order chi connectivity index (χ0) is 18.6. The average Bonchev–Trinajstić information content (AvgIpc) is 3.39. The molecule has 0 radical (unpaired) electrons.